The number of amides is 1. The fourth-order valence-electron chi connectivity index (χ4n) is 2.14. The number of rotatable bonds is 4. The molecule has 23 heavy (non-hydrogen) atoms. The first-order chi connectivity index (χ1) is 10.6. The molecule has 1 fully saturated rings. The maximum atomic E-state index is 11.7. The molecule has 0 unspecified atom stereocenters. The minimum absolute atomic E-state index is 0. The molecule has 0 spiro atoms. The lowest BCUT2D eigenvalue weighted by Crippen LogP contribution is -2.51. The highest BCUT2D eigenvalue weighted by molar-refractivity contribution is 14.0. The molecule has 128 valence electrons. The highest BCUT2D eigenvalue weighted by Gasteiger charge is 2.20. The smallest absolute Gasteiger partial charge is 0.244 e. The highest BCUT2D eigenvalue weighted by atomic mass is 127. The van der Waals surface area contributed by atoms with E-state index >= 15 is 0 Å². The first kappa shape index (κ1) is 19.4. The second-order valence-electron chi connectivity index (χ2n) is 5.11. The SMILES string of the molecule is CCN(C)C(=O)CN=C(N)N1CCN(c2ncccn2)CC1.I. The van der Waals surface area contributed by atoms with Crippen LogP contribution in [0.2, 0.25) is 0 Å². The Morgan fingerprint density at radius 3 is 2.48 bits per heavy atom. The Morgan fingerprint density at radius 2 is 1.91 bits per heavy atom. The number of anilines is 1. The van der Waals surface area contributed by atoms with Crippen LogP contribution in [0, 0.1) is 0 Å². The zero-order valence-corrected chi connectivity index (χ0v) is 15.9. The Bertz CT molecular complexity index is 517. The molecule has 0 atom stereocenters. The van der Waals surface area contributed by atoms with Crippen LogP contribution in [-0.4, -0.2) is 78.0 Å². The molecule has 2 rings (SSSR count). The van der Waals surface area contributed by atoms with Crippen molar-refractivity contribution in [3.05, 3.63) is 18.5 Å². The zero-order chi connectivity index (χ0) is 15.9. The normalized spacial score (nSPS) is 15.1. The van der Waals surface area contributed by atoms with Crippen LogP contribution < -0.4 is 10.6 Å². The van der Waals surface area contributed by atoms with Gasteiger partial charge in [-0.15, -0.1) is 24.0 Å². The number of halogens is 1. The molecule has 0 saturated carbocycles. The van der Waals surface area contributed by atoms with Crippen molar-refractivity contribution in [3.8, 4) is 0 Å². The van der Waals surface area contributed by atoms with E-state index in [4.69, 9.17) is 5.73 Å². The van der Waals surface area contributed by atoms with Gasteiger partial charge in [-0.3, -0.25) is 4.79 Å². The number of guanidine groups is 1. The molecule has 2 N–H and O–H groups in total. The zero-order valence-electron chi connectivity index (χ0n) is 13.6. The number of hydrogen-bond acceptors (Lipinski definition) is 5. The molecule has 2 heterocycles. The third kappa shape index (κ3) is 5.48. The van der Waals surface area contributed by atoms with Crippen molar-refractivity contribution in [1.29, 1.82) is 0 Å². The molecule has 1 aromatic heterocycles. The summed E-state index contributed by atoms with van der Waals surface area (Å²) in [5.41, 5.74) is 5.98. The second-order valence-corrected chi connectivity index (χ2v) is 5.11. The van der Waals surface area contributed by atoms with Crippen LogP contribution >= 0.6 is 24.0 Å². The maximum Gasteiger partial charge on any atom is 0.244 e. The average Bonchev–Trinajstić information content (AvgIpc) is 2.59. The number of carbonyl (C=O) groups is 1. The molecule has 1 aromatic rings. The van der Waals surface area contributed by atoms with Gasteiger partial charge in [-0.1, -0.05) is 0 Å². The Labute approximate surface area is 153 Å². The first-order valence-electron chi connectivity index (χ1n) is 7.42. The van der Waals surface area contributed by atoms with Gasteiger partial charge < -0.3 is 20.4 Å². The van der Waals surface area contributed by atoms with Gasteiger partial charge in [-0.05, 0) is 13.0 Å². The van der Waals surface area contributed by atoms with Gasteiger partial charge in [0.25, 0.3) is 0 Å². The van der Waals surface area contributed by atoms with Crippen LogP contribution in [0.25, 0.3) is 0 Å². The Balaban J connectivity index is 0.00000264. The maximum absolute atomic E-state index is 11.7. The minimum Gasteiger partial charge on any atom is -0.370 e. The van der Waals surface area contributed by atoms with Gasteiger partial charge in [0.2, 0.25) is 11.9 Å². The van der Waals surface area contributed by atoms with E-state index in [1.807, 2.05) is 11.8 Å². The van der Waals surface area contributed by atoms with Crippen LogP contribution in [0.3, 0.4) is 0 Å². The Kier molecular flexibility index (Phi) is 8.00. The van der Waals surface area contributed by atoms with Crippen molar-refractivity contribution in [2.24, 2.45) is 10.7 Å². The fraction of sp³-hybridized carbons (Fsp3) is 0.571. The van der Waals surface area contributed by atoms with Crippen LogP contribution in [0.15, 0.2) is 23.5 Å². The number of likely N-dealkylation sites (N-methyl/N-ethyl adjacent to an activating group) is 1. The fourth-order valence-corrected chi connectivity index (χ4v) is 2.14. The Hall–Kier alpha value is -1.65. The van der Waals surface area contributed by atoms with E-state index in [1.165, 1.54) is 0 Å². The summed E-state index contributed by atoms with van der Waals surface area (Å²) in [4.78, 5) is 30.1. The molecule has 9 heteroatoms. The van der Waals surface area contributed by atoms with Gasteiger partial charge in [0.1, 0.15) is 6.54 Å². The van der Waals surface area contributed by atoms with Crippen LogP contribution in [0.1, 0.15) is 6.92 Å². The van der Waals surface area contributed by atoms with E-state index < -0.39 is 0 Å². The summed E-state index contributed by atoms with van der Waals surface area (Å²) in [7, 11) is 1.76. The molecule has 0 bridgehead atoms. The molecule has 1 aliphatic heterocycles. The predicted molar refractivity (Wildman–Crippen MR) is 101 cm³/mol. The highest BCUT2D eigenvalue weighted by Crippen LogP contribution is 2.09. The van der Waals surface area contributed by atoms with Crippen molar-refractivity contribution >= 4 is 41.8 Å². The lowest BCUT2D eigenvalue weighted by molar-refractivity contribution is -0.128. The van der Waals surface area contributed by atoms with E-state index in [0.29, 0.717) is 12.5 Å². The summed E-state index contributed by atoms with van der Waals surface area (Å²) in [6, 6.07) is 1.80. The molecule has 1 aliphatic rings. The summed E-state index contributed by atoms with van der Waals surface area (Å²) in [5, 5.41) is 0. The van der Waals surface area contributed by atoms with Crippen LogP contribution in [0.5, 0.6) is 0 Å². The molecular weight excluding hydrogens is 409 g/mol. The minimum atomic E-state index is -0.0261. The number of carbonyl (C=O) groups excluding carboxylic acids is 1. The van der Waals surface area contributed by atoms with E-state index in [0.717, 1.165) is 32.1 Å². The summed E-state index contributed by atoms with van der Waals surface area (Å²) in [6.07, 6.45) is 3.47. The third-order valence-electron chi connectivity index (χ3n) is 3.72. The summed E-state index contributed by atoms with van der Waals surface area (Å²) in [5.74, 6) is 1.13. The molecule has 0 aliphatic carbocycles. The van der Waals surface area contributed by atoms with Crippen molar-refractivity contribution in [2.75, 3.05) is 51.2 Å². The van der Waals surface area contributed by atoms with Crippen LogP contribution in [-0.2, 0) is 4.79 Å². The number of aliphatic imine (C=N–C) groups is 1. The number of hydrogen-bond donors (Lipinski definition) is 1. The standard InChI is InChI=1S/C14H23N7O.HI/c1-3-19(2)12(22)11-18-13(15)20-7-9-21(10-8-20)14-16-5-4-6-17-14;/h4-6H,3,7-11H2,1-2H3,(H2,15,18);1H. The summed E-state index contributed by atoms with van der Waals surface area (Å²) >= 11 is 0. The number of nitrogens with two attached hydrogens (primary N) is 1. The van der Waals surface area contributed by atoms with Crippen LogP contribution in [0.4, 0.5) is 5.95 Å². The number of piperazine rings is 1. The third-order valence-corrected chi connectivity index (χ3v) is 3.72. The largest absolute Gasteiger partial charge is 0.370 e. The van der Waals surface area contributed by atoms with Gasteiger partial charge in [0, 0.05) is 52.2 Å². The molecule has 1 amide bonds. The monoisotopic (exact) mass is 433 g/mol. The molecule has 1 saturated heterocycles. The Morgan fingerprint density at radius 1 is 1.30 bits per heavy atom. The van der Waals surface area contributed by atoms with Crippen molar-refractivity contribution in [2.45, 2.75) is 6.92 Å². The van der Waals surface area contributed by atoms with Crippen molar-refractivity contribution in [3.63, 3.8) is 0 Å². The molecule has 0 aromatic carbocycles. The van der Waals surface area contributed by atoms with E-state index in [1.54, 1.807) is 30.4 Å². The molecular formula is C14H24IN7O. The lowest BCUT2D eigenvalue weighted by atomic mass is 10.3. The number of nitrogens with zero attached hydrogens (tertiary/aromatic N) is 6. The van der Waals surface area contributed by atoms with Crippen molar-refractivity contribution in [1.82, 2.24) is 19.8 Å². The quantitative estimate of drug-likeness (QED) is 0.409. The van der Waals surface area contributed by atoms with Gasteiger partial charge in [0.15, 0.2) is 5.96 Å². The van der Waals surface area contributed by atoms with Gasteiger partial charge in [0.05, 0.1) is 0 Å². The predicted octanol–water partition coefficient (Wildman–Crippen LogP) is 0.00960. The summed E-state index contributed by atoms with van der Waals surface area (Å²) < 4.78 is 0. The van der Waals surface area contributed by atoms with Crippen molar-refractivity contribution < 1.29 is 4.79 Å². The number of aromatic nitrogens is 2. The summed E-state index contributed by atoms with van der Waals surface area (Å²) in [6.45, 7) is 5.74. The van der Waals surface area contributed by atoms with E-state index in [-0.39, 0.29) is 36.4 Å². The van der Waals surface area contributed by atoms with E-state index in [9.17, 15) is 4.79 Å². The van der Waals surface area contributed by atoms with Gasteiger partial charge in [-0.2, -0.15) is 0 Å². The topological polar surface area (TPSA) is 91.0 Å². The van der Waals surface area contributed by atoms with Gasteiger partial charge in [-0.25, -0.2) is 15.0 Å². The molecule has 0 radical (unpaired) electrons. The average molecular weight is 433 g/mol. The van der Waals surface area contributed by atoms with Gasteiger partial charge >= 0.3 is 0 Å². The molecule has 8 nitrogen and oxygen atoms in total. The second kappa shape index (κ2) is 9.48. The van der Waals surface area contributed by atoms with E-state index in [2.05, 4.69) is 19.9 Å². The first-order valence-corrected chi connectivity index (χ1v) is 7.42. The lowest BCUT2D eigenvalue weighted by Gasteiger charge is -2.35.